The number of carbonyl (C=O) groups is 1. The van der Waals surface area contributed by atoms with Crippen molar-refractivity contribution < 1.29 is 14.6 Å². The van der Waals surface area contributed by atoms with E-state index in [1.165, 1.54) is 0 Å². The lowest BCUT2D eigenvalue weighted by atomic mass is 9.89. The molecule has 2 aliphatic heterocycles. The van der Waals surface area contributed by atoms with Crippen molar-refractivity contribution >= 4 is 23.1 Å². The second-order valence-corrected chi connectivity index (χ2v) is 8.98. The molecule has 5 nitrogen and oxygen atoms in total. The molecular formula is C21H31ClN2O3. The summed E-state index contributed by atoms with van der Waals surface area (Å²) in [4.78, 5) is 15.2. The Morgan fingerprint density at radius 3 is 2.78 bits per heavy atom. The molecule has 1 saturated heterocycles. The summed E-state index contributed by atoms with van der Waals surface area (Å²) in [6.07, 6.45) is 5.23. The third kappa shape index (κ3) is 5.15. The van der Waals surface area contributed by atoms with Crippen LogP contribution in [0.25, 0.3) is 0 Å². The van der Waals surface area contributed by atoms with Crippen molar-refractivity contribution in [2.45, 2.75) is 58.0 Å². The SMILES string of the molecule is CC(C)(O)CN1CCC(CCC(=O)c2cc(Cl)c(N)c3c2OCCC3)CC1. The van der Waals surface area contributed by atoms with Crippen LogP contribution in [0.2, 0.25) is 5.02 Å². The molecule has 3 rings (SSSR count). The molecule has 150 valence electrons. The van der Waals surface area contributed by atoms with Crippen LogP contribution in [0.5, 0.6) is 5.75 Å². The van der Waals surface area contributed by atoms with Crippen LogP contribution in [0.1, 0.15) is 61.9 Å². The highest BCUT2D eigenvalue weighted by molar-refractivity contribution is 6.33. The van der Waals surface area contributed by atoms with Gasteiger partial charge in [-0.1, -0.05) is 11.6 Å². The fourth-order valence-corrected chi connectivity index (χ4v) is 4.42. The maximum Gasteiger partial charge on any atom is 0.166 e. The summed E-state index contributed by atoms with van der Waals surface area (Å²) >= 11 is 6.25. The van der Waals surface area contributed by atoms with Crippen molar-refractivity contribution in [2.75, 3.05) is 32.0 Å². The van der Waals surface area contributed by atoms with Crippen molar-refractivity contribution in [3.8, 4) is 5.75 Å². The normalized spacial score (nSPS) is 18.8. The number of halogens is 1. The van der Waals surface area contributed by atoms with Gasteiger partial charge in [0.2, 0.25) is 0 Å². The molecule has 1 aromatic rings. The van der Waals surface area contributed by atoms with Crippen LogP contribution >= 0.6 is 11.6 Å². The quantitative estimate of drug-likeness (QED) is 0.568. The van der Waals surface area contributed by atoms with Gasteiger partial charge in [0.1, 0.15) is 5.75 Å². The van der Waals surface area contributed by atoms with E-state index in [0.717, 1.165) is 50.8 Å². The van der Waals surface area contributed by atoms with Gasteiger partial charge in [-0.25, -0.2) is 0 Å². The Labute approximate surface area is 166 Å². The maximum atomic E-state index is 12.9. The number of nitrogen functional groups attached to an aromatic ring is 1. The van der Waals surface area contributed by atoms with E-state index < -0.39 is 5.60 Å². The summed E-state index contributed by atoms with van der Waals surface area (Å²) in [7, 11) is 0. The fourth-order valence-electron chi connectivity index (χ4n) is 4.19. The number of aliphatic hydroxyl groups is 1. The summed E-state index contributed by atoms with van der Waals surface area (Å²) in [6.45, 7) is 6.97. The van der Waals surface area contributed by atoms with Crippen LogP contribution in [-0.4, -0.2) is 47.6 Å². The standard InChI is InChI=1S/C21H31ClN2O3/c1-21(2,26)13-24-9-7-14(8-10-24)5-6-18(25)16-12-17(22)19(23)15-4-3-11-27-20(15)16/h12,14,26H,3-11,13,23H2,1-2H3. The number of carbonyl (C=O) groups excluding carboxylic acids is 1. The molecule has 0 atom stereocenters. The first-order chi connectivity index (χ1) is 12.7. The number of likely N-dealkylation sites (tertiary alicyclic amines) is 1. The fraction of sp³-hybridized carbons (Fsp3) is 0.667. The summed E-state index contributed by atoms with van der Waals surface area (Å²) in [6, 6.07) is 1.68. The number of ether oxygens (including phenoxy) is 1. The Kier molecular flexibility index (Phi) is 6.34. The smallest absolute Gasteiger partial charge is 0.166 e. The van der Waals surface area contributed by atoms with E-state index in [2.05, 4.69) is 4.90 Å². The molecular weight excluding hydrogens is 364 g/mol. The minimum absolute atomic E-state index is 0.0916. The van der Waals surface area contributed by atoms with Gasteiger partial charge in [0.15, 0.2) is 5.78 Å². The minimum Gasteiger partial charge on any atom is -0.492 e. The minimum atomic E-state index is -0.656. The largest absolute Gasteiger partial charge is 0.492 e. The average Bonchev–Trinajstić information content (AvgIpc) is 2.62. The molecule has 27 heavy (non-hydrogen) atoms. The lowest BCUT2D eigenvalue weighted by Crippen LogP contribution is -2.42. The van der Waals surface area contributed by atoms with Crippen molar-refractivity contribution in [1.82, 2.24) is 4.90 Å². The van der Waals surface area contributed by atoms with E-state index in [9.17, 15) is 9.90 Å². The number of hydrogen-bond acceptors (Lipinski definition) is 5. The Hall–Kier alpha value is -1.30. The van der Waals surface area contributed by atoms with Crippen molar-refractivity contribution in [3.05, 3.63) is 22.2 Å². The lowest BCUT2D eigenvalue weighted by Gasteiger charge is -2.35. The molecule has 3 N–H and O–H groups in total. The van der Waals surface area contributed by atoms with E-state index in [1.54, 1.807) is 6.07 Å². The van der Waals surface area contributed by atoms with E-state index >= 15 is 0 Å². The number of Topliss-reactive ketones (excluding diaryl/α,β-unsaturated/α-hetero) is 1. The molecule has 2 aliphatic rings. The number of β-amino-alcohol motifs (C(OH)–C–C–N with tert-alkyl or cyclic N) is 1. The average molecular weight is 395 g/mol. The highest BCUT2D eigenvalue weighted by Crippen LogP contribution is 2.39. The monoisotopic (exact) mass is 394 g/mol. The number of ketones is 1. The van der Waals surface area contributed by atoms with E-state index in [-0.39, 0.29) is 5.78 Å². The van der Waals surface area contributed by atoms with Crippen LogP contribution in [0.4, 0.5) is 5.69 Å². The maximum absolute atomic E-state index is 12.9. The van der Waals surface area contributed by atoms with Crippen LogP contribution in [0.15, 0.2) is 6.07 Å². The molecule has 1 aromatic carbocycles. The number of piperidine rings is 1. The van der Waals surface area contributed by atoms with E-state index in [0.29, 0.717) is 47.5 Å². The predicted molar refractivity (Wildman–Crippen MR) is 109 cm³/mol. The van der Waals surface area contributed by atoms with Gasteiger partial charge in [-0.05, 0) is 71.0 Å². The lowest BCUT2D eigenvalue weighted by molar-refractivity contribution is 0.0239. The Morgan fingerprint density at radius 2 is 2.11 bits per heavy atom. The van der Waals surface area contributed by atoms with Gasteiger partial charge in [0.05, 0.1) is 28.5 Å². The molecule has 2 heterocycles. The third-order valence-corrected chi connectivity index (χ3v) is 5.90. The van der Waals surface area contributed by atoms with Gasteiger partial charge >= 0.3 is 0 Å². The van der Waals surface area contributed by atoms with Gasteiger partial charge in [-0.3, -0.25) is 4.79 Å². The Morgan fingerprint density at radius 1 is 1.41 bits per heavy atom. The van der Waals surface area contributed by atoms with Crippen LogP contribution in [0.3, 0.4) is 0 Å². The van der Waals surface area contributed by atoms with Gasteiger partial charge in [0, 0.05) is 18.5 Å². The zero-order chi connectivity index (χ0) is 19.6. The Bertz CT molecular complexity index is 692. The molecule has 0 radical (unpaired) electrons. The number of nitrogens with zero attached hydrogens (tertiary/aromatic N) is 1. The summed E-state index contributed by atoms with van der Waals surface area (Å²) in [5.41, 5.74) is 7.43. The molecule has 6 heteroatoms. The van der Waals surface area contributed by atoms with Crippen LogP contribution < -0.4 is 10.5 Å². The van der Waals surface area contributed by atoms with Gasteiger partial charge in [-0.2, -0.15) is 0 Å². The first kappa shape index (κ1) is 20.4. The highest BCUT2D eigenvalue weighted by atomic mass is 35.5. The number of hydrogen-bond donors (Lipinski definition) is 2. The van der Waals surface area contributed by atoms with Gasteiger partial charge in [-0.15, -0.1) is 0 Å². The number of benzene rings is 1. The first-order valence-electron chi connectivity index (χ1n) is 9.96. The summed E-state index contributed by atoms with van der Waals surface area (Å²) < 4.78 is 5.77. The predicted octanol–water partition coefficient (Wildman–Crippen LogP) is 3.69. The number of fused-ring (bicyclic) bond motifs is 1. The highest BCUT2D eigenvalue weighted by Gasteiger charge is 2.26. The van der Waals surface area contributed by atoms with E-state index in [4.69, 9.17) is 22.1 Å². The second kappa shape index (κ2) is 8.38. The Balaban J connectivity index is 1.57. The molecule has 0 unspecified atom stereocenters. The molecule has 0 amide bonds. The van der Waals surface area contributed by atoms with Crippen molar-refractivity contribution in [1.29, 1.82) is 0 Å². The zero-order valence-electron chi connectivity index (χ0n) is 16.4. The number of nitrogens with two attached hydrogens (primary N) is 1. The molecule has 0 aliphatic carbocycles. The summed E-state index contributed by atoms with van der Waals surface area (Å²) in [5.74, 6) is 1.29. The third-order valence-electron chi connectivity index (χ3n) is 5.59. The van der Waals surface area contributed by atoms with Crippen molar-refractivity contribution in [2.24, 2.45) is 5.92 Å². The van der Waals surface area contributed by atoms with E-state index in [1.807, 2.05) is 13.8 Å². The van der Waals surface area contributed by atoms with Crippen LogP contribution in [0, 0.1) is 5.92 Å². The molecule has 1 fully saturated rings. The van der Waals surface area contributed by atoms with Gasteiger partial charge in [0.25, 0.3) is 0 Å². The van der Waals surface area contributed by atoms with Gasteiger partial charge < -0.3 is 20.5 Å². The summed E-state index contributed by atoms with van der Waals surface area (Å²) in [5, 5.41) is 10.4. The first-order valence-corrected chi connectivity index (χ1v) is 10.3. The number of anilines is 1. The van der Waals surface area contributed by atoms with Crippen molar-refractivity contribution in [3.63, 3.8) is 0 Å². The number of rotatable bonds is 6. The zero-order valence-corrected chi connectivity index (χ0v) is 17.1. The van der Waals surface area contributed by atoms with Crippen LogP contribution in [-0.2, 0) is 6.42 Å². The molecule has 0 aromatic heterocycles. The topological polar surface area (TPSA) is 75.8 Å². The molecule has 0 bridgehead atoms. The molecule has 0 saturated carbocycles. The molecule has 0 spiro atoms. The second-order valence-electron chi connectivity index (χ2n) is 8.57.